The molecule has 20 heavy (non-hydrogen) atoms. The lowest BCUT2D eigenvalue weighted by molar-refractivity contribution is -0.138. The van der Waals surface area contributed by atoms with Gasteiger partial charge in [0.05, 0.1) is 23.8 Å². The zero-order chi connectivity index (χ0) is 15.5. The Kier molecular flexibility index (Phi) is 5.59. The molecule has 0 bridgehead atoms. The van der Waals surface area contributed by atoms with Gasteiger partial charge in [0.25, 0.3) is 5.91 Å². The Balaban J connectivity index is 3.16. The predicted octanol–water partition coefficient (Wildman–Crippen LogP) is 3.57. The maximum absolute atomic E-state index is 13.0. The minimum atomic E-state index is -4.58. The smallest absolute Gasteiger partial charge is 0.383 e. The van der Waals surface area contributed by atoms with Crippen LogP contribution in [0.2, 0.25) is 0 Å². The van der Waals surface area contributed by atoms with Crippen LogP contribution in [0.5, 0.6) is 0 Å². The largest absolute Gasteiger partial charge is 0.417 e. The number of amides is 1. The number of halogens is 4. The second-order valence-corrected chi connectivity index (χ2v) is 5.32. The molecule has 0 aromatic heterocycles. The van der Waals surface area contributed by atoms with Crippen molar-refractivity contribution in [3.63, 3.8) is 0 Å². The molecule has 1 atom stereocenters. The molecule has 1 aromatic carbocycles. The fourth-order valence-corrected chi connectivity index (χ4v) is 2.04. The molecule has 7 heteroatoms. The number of ether oxygens (including phenoxy) is 1. The molecule has 0 aliphatic rings. The van der Waals surface area contributed by atoms with Crippen molar-refractivity contribution in [3.8, 4) is 0 Å². The van der Waals surface area contributed by atoms with Crippen LogP contribution >= 0.6 is 15.9 Å². The monoisotopic (exact) mass is 353 g/mol. The molecule has 0 aliphatic heterocycles. The van der Waals surface area contributed by atoms with E-state index in [0.29, 0.717) is 0 Å². The topological polar surface area (TPSA) is 29.5 Å². The third kappa shape index (κ3) is 3.96. The number of nitrogens with zero attached hydrogens (tertiary/aromatic N) is 1. The summed E-state index contributed by atoms with van der Waals surface area (Å²) < 4.78 is 44.1. The van der Waals surface area contributed by atoms with Crippen LogP contribution in [0.4, 0.5) is 13.2 Å². The molecule has 0 spiro atoms. The summed E-state index contributed by atoms with van der Waals surface area (Å²) >= 11 is 2.98. The first-order valence-corrected chi connectivity index (χ1v) is 6.60. The van der Waals surface area contributed by atoms with Crippen LogP contribution in [-0.2, 0) is 10.9 Å². The van der Waals surface area contributed by atoms with E-state index >= 15 is 0 Å². The summed E-state index contributed by atoms with van der Waals surface area (Å²) in [7, 11) is 2.92. The molecule has 0 heterocycles. The lowest BCUT2D eigenvalue weighted by Crippen LogP contribution is -2.38. The van der Waals surface area contributed by atoms with E-state index in [4.69, 9.17) is 4.74 Å². The molecule has 0 N–H and O–H groups in total. The van der Waals surface area contributed by atoms with Crippen LogP contribution < -0.4 is 0 Å². The summed E-state index contributed by atoms with van der Waals surface area (Å²) in [5.74, 6) is -0.686. The van der Waals surface area contributed by atoms with Gasteiger partial charge in [-0.05, 0) is 25.1 Å². The van der Waals surface area contributed by atoms with Crippen LogP contribution in [-0.4, -0.2) is 37.6 Å². The number of likely N-dealkylation sites (N-methyl/N-ethyl adjacent to an activating group) is 1. The molecule has 0 saturated heterocycles. The maximum atomic E-state index is 13.0. The van der Waals surface area contributed by atoms with Gasteiger partial charge in [0, 0.05) is 18.6 Å². The summed E-state index contributed by atoms with van der Waals surface area (Å²) in [6.45, 7) is 1.95. The molecule has 0 saturated carbocycles. The van der Waals surface area contributed by atoms with Crippen molar-refractivity contribution in [1.82, 2.24) is 4.90 Å². The number of carbonyl (C=O) groups excluding carboxylic acids is 1. The normalized spacial score (nSPS) is 13.2. The minimum Gasteiger partial charge on any atom is -0.383 e. The van der Waals surface area contributed by atoms with Gasteiger partial charge in [0.15, 0.2) is 0 Å². The molecule has 3 nitrogen and oxygen atoms in total. The molecule has 0 aliphatic carbocycles. The molecule has 0 radical (unpaired) electrons. The van der Waals surface area contributed by atoms with Crippen molar-refractivity contribution in [3.05, 3.63) is 33.8 Å². The van der Waals surface area contributed by atoms with E-state index in [1.54, 1.807) is 6.92 Å². The zero-order valence-electron chi connectivity index (χ0n) is 11.3. The number of alkyl halides is 3. The maximum Gasteiger partial charge on any atom is 0.417 e. The first kappa shape index (κ1) is 17.0. The van der Waals surface area contributed by atoms with E-state index < -0.39 is 17.6 Å². The third-order valence-corrected chi connectivity index (χ3v) is 3.40. The Bertz CT molecular complexity index is 491. The highest BCUT2D eigenvalue weighted by Crippen LogP contribution is 2.34. The van der Waals surface area contributed by atoms with Crippen molar-refractivity contribution in [1.29, 1.82) is 0 Å². The summed E-state index contributed by atoms with van der Waals surface area (Å²) in [6, 6.07) is 3.17. The first-order chi connectivity index (χ1) is 9.18. The molecular weight excluding hydrogens is 339 g/mol. The Morgan fingerprint density at radius 1 is 1.45 bits per heavy atom. The van der Waals surface area contributed by atoms with Crippen LogP contribution in [0, 0.1) is 0 Å². The molecule has 0 fully saturated rings. The van der Waals surface area contributed by atoms with Gasteiger partial charge in [0.2, 0.25) is 0 Å². The van der Waals surface area contributed by atoms with Gasteiger partial charge < -0.3 is 9.64 Å². The van der Waals surface area contributed by atoms with Crippen molar-refractivity contribution < 1.29 is 22.7 Å². The van der Waals surface area contributed by atoms with Gasteiger partial charge in [-0.1, -0.05) is 15.9 Å². The Labute approximate surface area is 123 Å². The van der Waals surface area contributed by atoms with Crippen molar-refractivity contribution in [2.75, 3.05) is 20.8 Å². The Morgan fingerprint density at radius 2 is 2.05 bits per heavy atom. The van der Waals surface area contributed by atoms with Gasteiger partial charge in [-0.25, -0.2) is 0 Å². The van der Waals surface area contributed by atoms with Gasteiger partial charge in [0.1, 0.15) is 0 Å². The summed E-state index contributed by atoms with van der Waals surface area (Å²) in [4.78, 5) is 13.4. The lowest BCUT2D eigenvalue weighted by atomic mass is 10.1. The van der Waals surface area contributed by atoms with Crippen LogP contribution in [0.25, 0.3) is 0 Å². The standard InChI is InChI=1S/C13H15BrF3NO2/c1-8(7-20-3)18(2)12(19)10-5-4-9(14)6-11(10)13(15,16)17/h4-6,8H,7H2,1-3H3. The second-order valence-electron chi connectivity index (χ2n) is 4.41. The van der Waals surface area contributed by atoms with E-state index in [2.05, 4.69) is 15.9 Å². The second kappa shape index (κ2) is 6.58. The van der Waals surface area contributed by atoms with Gasteiger partial charge in [-0.3, -0.25) is 4.79 Å². The van der Waals surface area contributed by atoms with Crippen molar-refractivity contribution in [2.45, 2.75) is 19.1 Å². The number of hydrogen-bond acceptors (Lipinski definition) is 2. The summed E-state index contributed by atoms with van der Waals surface area (Å²) in [6.07, 6.45) is -4.58. The van der Waals surface area contributed by atoms with E-state index in [9.17, 15) is 18.0 Å². The molecule has 1 rings (SSSR count). The Morgan fingerprint density at radius 3 is 2.55 bits per heavy atom. The first-order valence-electron chi connectivity index (χ1n) is 5.81. The summed E-state index contributed by atoms with van der Waals surface area (Å²) in [5.41, 5.74) is -1.32. The molecule has 1 amide bonds. The van der Waals surface area contributed by atoms with Gasteiger partial charge in [-0.2, -0.15) is 13.2 Å². The average Bonchev–Trinajstić information content (AvgIpc) is 2.36. The fraction of sp³-hybridized carbons (Fsp3) is 0.462. The number of carbonyl (C=O) groups is 1. The number of methoxy groups -OCH3 is 1. The van der Waals surface area contributed by atoms with Crippen LogP contribution in [0.3, 0.4) is 0 Å². The van der Waals surface area contributed by atoms with Crippen molar-refractivity contribution >= 4 is 21.8 Å². The van der Waals surface area contributed by atoms with Crippen LogP contribution in [0.15, 0.2) is 22.7 Å². The quantitative estimate of drug-likeness (QED) is 0.827. The number of benzene rings is 1. The average molecular weight is 354 g/mol. The predicted molar refractivity (Wildman–Crippen MR) is 72.6 cm³/mol. The van der Waals surface area contributed by atoms with E-state index in [1.165, 1.54) is 31.2 Å². The van der Waals surface area contributed by atoms with Gasteiger partial charge in [-0.15, -0.1) is 0 Å². The van der Waals surface area contributed by atoms with E-state index in [1.807, 2.05) is 0 Å². The minimum absolute atomic E-state index is 0.250. The number of hydrogen-bond donors (Lipinski definition) is 0. The zero-order valence-corrected chi connectivity index (χ0v) is 12.9. The Hall–Kier alpha value is -1.08. The third-order valence-electron chi connectivity index (χ3n) is 2.91. The van der Waals surface area contributed by atoms with Crippen LogP contribution in [0.1, 0.15) is 22.8 Å². The SMILES string of the molecule is COCC(C)N(C)C(=O)c1ccc(Br)cc1C(F)(F)F. The molecule has 1 unspecified atom stereocenters. The highest BCUT2D eigenvalue weighted by Gasteiger charge is 2.36. The molecule has 1 aromatic rings. The van der Waals surface area contributed by atoms with Crippen molar-refractivity contribution in [2.24, 2.45) is 0 Å². The highest BCUT2D eigenvalue weighted by molar-refractivity contribution is 9.10. The summed E-state index contributed by atoms with van der Waals surface area (Å²) in [5, 5.41) is 0. The number of rotatable bonds is 4. The molecular formula is C13H15BrF3NO2. The van der Waals surface area contributed by atoms with E-state index in [0.717, 1.165) is 6.07 Å². The lowest BCUT2D eigenvalue weighted by Gasteiger charge is -2.25. The van der Waals surface area contributed by atoms with Gasteiger partial charge >= 0.3 is 6.18 Å². The van der Waals surface area contributed by atoms with E-state index in [-0.39, 0.29) is 22.7 Å². The molecule has 112 valence electrons. The fourth-order valence-electron chi connectivity index (χ4n) is 1.68. The highest BCUT2D eigenvalue weighted by atomic mass is 79.9.